The van der Waals surface area contributed by atoms with Gasteiger partial charge in [-0.1, -0.05) is 0 Å². The van der Waals surface area contributed by atoms with Crippen LogP contribution in [0, 0.1) is 17.5 Å². The minimum atomic E-state index is -1.89. The van der Waals surface area contributed by atoms with Crippen molar-refractivity contribution in [2.75, 3.05) is 5.32 Å². The molecule has 110 valence electrons. The van der Waals surface area contributed by atoms with E-state index in [4.69, 9.17) is 9.84 Å². The number of anilines is 1. The maximum Gasteiger partial charge on any atom is 0.412 e. The standard InChI is InChI=1S/C12H12F3NO4/c1-12(2,3)20-11(19)16-9-5(10(17)18)4-6(13)7(14)8(9)15/h4H,1-3H3,(H,16,19)(H,17,18). The van der Waals surface area contributed by atoms with Crippen LogP contribution in [-0.2, 0) is 4.74 Å². The van der Waals surface area contributed by atoms with Crippen LogP contribution in [0.4, 0.5) is 23.7 Å². The van der Waals surface area contributed by atoms with E-state index in [1.165, 1.54) is 20.8 Å². The SMILES string of the molecule is CC(C)(C)OC(=O)Nc1c(C(=O)O)cc(F)c(F)c1F. The van der Waals surface area contributed by atoms with E-state index in [2.05, 4.69) is 0 Å². The molecule has 2 N–H and O–H groups in total. The van der Waals surface area contributed by atoms with E-state index in [1.54, 1.807) is 5.32 Å². The lowest BCUT2D eigenvalue weighted by molar-refractivity contribution is 0.0635. The molecule has 0 aliphatic carbocycles. The van der Waals surface area contributed by atoms with Crippen LogP contribution in [0.15, 0.2) is 6.07 Å². The molecule has 5 nitrogen and oxygen atoms in total. The van der Waals surface area contributed by atoms with E-state index in [0.29, 0.717) is 0 Å². The summed E-state index contributed by atoms with van der Waals surface area (Å²) in [6.07, 6.45) is -1.19. The van der Waals surface area contributed by atoms with Crippen LogP contribution in [0.3, 0.4) is 0 Å². The predicted molar refractivity (Wildman–Crippen MR) is 63.1 cm³/mol. The maximum absolute atomic E-state index is 13.5. The summed E-state index contributed by atoms with van der Waals surface area (Å²) < 4.78 is 44.4. The van der Waals surface area contributed by atoms with E-state index in [-0.39, 0.29) is 6.07 Å². The summed E-state index contributed by atoms with van der Waals surface area (Å²) >= 11 is 0. The molecule has 0 aliphatic rings. The number of carboxylic acids is 1. The Hall–Kier alpha value is -2.25. The molecule has 1 rings (SSSR count). The van der Waals surface area contributed by atoms with E-state index in [1.807, 2.05) is 0 Å². The molecule has 0 aliphatic heterocycles. The molecule has 0 atom stereocenters. The zero-order chi connectivity index (χ0) is 15.7. The lowest BCUT2D eigenvalue weighted by Crippen LogP contribution is -2.28. The minimum absolute atomic E-state index is 0.271. The predicted octanol–water partition coefficient (Wildman–Crippen LogP) is 3.15. The molecule has 1 aromatic carbocycles. The molecule has 1 amide bonds. The summed E-state index contributed by atoms with van der Waals surface area (Å²) in [4.78, 5) is 22.3. The Kier molecular flexibility index (Phi) is 4.26. The zero-order valence-corrected chi connectivity index (χ0v) is 10.9. The van der Waals surface area contributed by atoms with Crippen LogP contribution in [0.2, 0.25) is 0 Å². The van der Waals surface area contributed by atoms with Gasteiger partial charge in [0.1, 0.15) is 5.60 Å². The van der Waals surface area contributed by atoms with Crippen molar-refractivity contribution >= 4 is 17.7 Å². The zero-order valence-electron chi connectivity index (χ0n) is 10.9. The van der Waals surface area contributed by atoms with Gasteiger partial charge >= 0.3 is 12.1 Å². The normalized spacial score (nSPS) is 11.1. The van der Waals surface area contributed by atoms with Gasteiger partial charge in [0.05, 0.1) is 11.3 Å². The van der Waals surface area contributed by atoms with Gasteiger partial charge in [-0.05, 0) is 26.8 Å². The Morgan fingerprint density at radius 2 is 1.75 bits per heavy atom. The number of ether oxygens (including phenoxy) is 1. The third-order valence-corrected chi connectivity index (χ3v) is 2.02. The van der Waals surface area contributed by atoms with Gasteiger partial charge in [-0.2, -0.15) is 0 Å². The van der Waals surface area contributed by atoms with Crippen molar-refractivity contribution in [1.29, 1.82) is 0 Å². The van der Waals surface area contributed by atoms with Gasteiger partial charge in [0, 0.05) is 0 Å². The Balaban J connectivity index is 3.20. The van der Waals surface area contributed by atoms with Crippen molar-refractivity contribution in [1.82, 2.24) is 0 Å². The van der Waals surface area contributed by atoms with Crippen LogP contribution in [0.1, 0.15) is 31.1 Å². The number of hydrogen-bond acceptors (Lipinski definition) is 3. The van der Waals surface area contributed by atoms with E-state index in [9.17, 15) is 22.8 Å². The lowest BCUT2D eigenvalue weighted by atomic mass is 10.1. The van der Waals surface area contributed by atoms with Crippen molar-refractivity contribution in [3.63, 3.8) is 0 Å². The summed E-state index contributed by atoms with van der Waals surface area (Å²) in [7, 11) is 0. The van der Waals surface area contributed by atoms with Crippen LogP contribution >= 0.6 is 0 Å². The summed E-state index contributed by atoms with van der Waals surface area (Å²) in [6, 6.07) is 0.271. The van der Waals surface area contributed by atoms with Crippen LogP contribution < -0.4 is 5.32 Å². The van der Waals surface area contributed by atoms with E-state index >= 15 is 0 Å². The average molecular weight is 291 g/mol. The second-order valence-corrected chi connectivity index (χ2v) is 4.84. The quantitative estimate of drug-likeness (QED) is 0.821. The number of halogens is 3. The molecule has 0 radical (unpaired) electrons. The fraction of sp³-hybridized carbons (Fsp3) is 0.333. The first kappa shape index (κ1) is 15.8. The molecule has 0 saturated carbocycles. The van der Waals surface area contributed by atoms with Gasteiger partial charge in [0.2, 0.25) is 0 Å². The highest BCUT2D eigenvalue weighted by Crippen LogP contribution is 2.25. The van der Waals surface area contributed by atoms with Gasteiger partial charge in [-0.25, -0.2) is 22.8 Å². The number of carbonyl (C=O) groups excluding carboxylic acids is 1. The highest BCUT2D eigenvalue weighted by Gasteiger charge is 2.25. The number of benzene rings is 1. The van der Waals surface area contributed by atoms with Crippen molar-refractivity contribution in [2.45, 2.75) is 26.4 Å². The van der Waals surface area contributed by atoms with Crippen LogP contribution in [0.25, 0.3) is 0 Å². The Bertz CT molecular complexity index is 567. The van der Waals surface area contributed by atoms with Crippen LogP contribution in [0.5, 0.6) is 0 Å². The van der Waals surface area contributed by atoms with E-state index in [0.717, 1.165) is 0 Å². The number of nitrogens with one attached hydrogen (secondary N) is 1. The average Bonchev–Trinajstić information content (AvgIpc) is 2.27. The fourth-order valence-corrected chi connectivity index (χ4v) is 1.29. The molecule has 0 heterocycles. The fourth-order valence-electron chi connectivity index (χ4n) is 1.29. The van der Waals surface area contributed by atoms with E-state index < -0.39 is 46.4 Å². The topological polar surface area (TPSA) is 75.6 Å². The van der Waals surface area contributed by atoms with Gasteiger partial charge in [0.15, 0.2) is 17.5 Å². The second kappa shape index (κ2) is 5.40. The minimum Gasteiger partial charge on any atom is -0.478 e. The molecule has 0 aromatic heterocycles. The van der Waals surface area contributed by atoms with Crippen molar-refractivity contribution in [2.24, 2.45) is 0 Å². The highest BCUT2D eigenvalue weighted by molar-refractivity contribution is 5.99. The molecule has 0 fully saturated rings. The van der Waals surface area contributed by atoms with Gasteiger partial charge in [-0.3, -0.25) is 5.32 Å². The van der Waals surface area contributed by atoms with Gasteiger partial charge in [-0.15, -0.1) is 0 Å². The smallest absolute Gasteiger partial charge is 0.412 e. The number of rotatable bonds is 2. The number of amides is 1. The molecule has 20 heavy (non-hydrogen) atoms. The van der Waals surface area contributed by atoms with Gasteiger partial charge in [0.25, 0.3) is 0 Å². The first-order valence-corrected chi connectivity index (χ1v) is 5.43. The molecule has 0 bridgehead atoms. The summed E-state index contributed by atoms with van der Waals surface area (Å²) in [5.41, 5.74) is -2.85. The Labute approximate surface area is 112 Å². The Morgan fingerprint density at radius 1 is 1.20 bits per heavy atom. The number of aromatic carboxylic acids is 1. The summed E-state index contributed by atoms with van der Waals surface area (Å²) in [5.74, 6) is -7.10. The summed E-state index contributed by atoms with van der Waals surface area (Å²) in [6.45, 7) is 4.56. The molecule has 0 saturated heterocycles. The molecule has 0 unspecified atom stereocenters. The third kappa shape index (κ3) is 3.62. The second-order valence-electron chi connectivity index (χ2n) is 4.84. The molecule has 0 spiro atoms. The first-order chi connectivity index (χ1) is 9.03. The van der Waals surface area contributed by atoms with Crippen molar-refractivity contribution in [3.8, 4) is 0 Å². The molecular formula is C12H12F3NO4. The molecular weight excluding hydrogens is 279 g/mol. The number of hydrogen-bond donors (Lipinski definition) is 2. The van der Waals surface area contributed by atoms with Gasteiger partial charge < -0.3 is 9.84 Å². The monoisotopic (exact) mass is 291 g/mol. The Morgan fingerprint density at radius 3 is 2.20 bits per heavy atom. The lowest BCUT2D eigenvalue weighted by Gasteiger charge is -2.20. The van der Waals surface area contributed by atoms with Crippen LogP contribution in [-0.4, -0.2) is 22.8 Å². The summed E-state index contributed by atoms with van der Waals surface area (Å²) in [5, 5.41) is 10.6. The number of carbonyl (C=O) groups is 2. The first-order valence-electron chi connectivity index (χ1n) is 5.43. The van der Waals surface area contributed by atoms with Crippen molar-refractivity contribution in [3.05, 3.63) is 29.1 Å². The number of carboxylic acid groups (broad SMARTS) is 1. The molecule has 8 heteroatoms. The largest absolute Gasteiger partial charge is 0.478 e. The molecule has 1 aromatic rings. The third-order valence-electron chi connectivity index (χ3n) is 2.02. The van der Waals surface area contributed by atoms with Crippen molar-refractivity contribution < 1.29 is 32.6 Å². The maximum atomic E-state index is 13.5. The highest BCUT2D eigenvalue weighted by atomic mass is 19.2.